The minimum Gasteiger partial charge on any atom is -0.382 e. The Balaban J connectivity index is 1.47. The lowest BCUT2D eigenvalue weighted by Crippen LogP contribution is -2.46. The summed E-state index contributed by atoms with van der Waals surface area (Å²) in [5, 5.41) is 2.59. The van der Waals surface area contributed by atoms with Crippen LogP contribution in [0.25, 0.3) is 0 Å². The van der Waals surface area contributed by atoms with Gasteiger partial charge >= 0.3 is 6.18 Å². The molecule has 1 aromatic heterocycles. The van der Waals surface area contributed by atoms with Gasteiger partial charge in [0.05, 0.1) is 31.4 Å². The number of piperazine rings is 1. The molecule has 216 valence electrons. The van der Waals surface area contributed by atoms with E-state index >= 15 is 0 Å². The van der Waals surface area contributed by atoms with E-state index < -0.39 is 24.8 Å². The number of rotatable bonds is 6. The van der Waals surface area contributed by atoms with Crippen LogP contribution in [-0.2, 0) is 17.3 Å². The largest absolute Gasteiger partial charge is 0.416 e. The molecular weight excluding hydrogens is 552 g/mol. The van der Waals surface area contributed by atoms with Crippen molar-refractivity contribution in [3.05, 3.63) is 82.3 Å². The van der Waals surface area contributed by atoms with E-state index in [0.29, 0.717) is 43.7 Å². The lowest BCUT2D eigenvalue weighted by atomic mass is 10.0. The Morgan fingerprint density at radius 2 is 1.73 bits per heavy atom. The number of anilines is 2. The Bertz CT molecular complexity index is 1520. The fourth-order valence-electron chi connectivity index (χ4n) is 4.50. The molecule has 0 atom stereocenters. The second kappa shape index (κ2) is 12.4. The number of nitrogens with zero attached hydrogens (tertiary/aromatic N) is 4. The average molecular weight is 585 g/mol. The van der Waals surface area contributed by atoms with E-state index in [1.807, 2.05) is 11.8 Å². The van der Waals surface area contributed by atoms with Gasteiger partial charge in [0.25, 0.3) is 5.91 Å². The Morgan fingerprint density at radius 1 is 1.02 bits per heavy atom. The Hall–Kier alpha value is -3.71. The lowest BCUT2D eigenvalue weighted by molar-refractivity contribution is -0.138. The van der Waals surface area contributed by atoms with Crippen LogP contribution in [0.1, 0.15) is 38.3 Å². The molecule has 1 amide bonds. The molecule has 4 rings (SSSR count). The summed E-state index contributed by atoms with van der Waals surface area (Å²) < 4.78 is 54.2. The van der Waals surface area contributed by atoms with Crippen LogP contribution in [0.5, 0.6) is 0 Å². The van der Waals surface area contributed by atoms with Crippen LogP contribution in [0.15, 0.2) is 48.8 Å². The zero-order valence-corrected chi connectivity index (χ0v) is 24.0. The summed E-state index contributed by atoms with van der Waals surface area (Å²) in [4.78, 5) is 25.0. The molecule has 0 spiro atoms. The van der Waals surface area contributed by atoms with Crippen molar-refractivity contribution in [1.29, 1.82) is 0 Å². The number of hydrogen-bond acceptors (Lipinski definition) is 7. The molecule has 2 heterocycles. The molecule has 1 saturated heterocycles. The van der Waals surface area contributed by atoms with Gasteiger partial charge in [0.2, 0.25) is 0 Å². The van der Waals surface area contributed by atoms with Gasteiger partial charge < -0.3 is 15.6 Å². The minimum atomic E-state index is -4.59. The van der Waals surface area contributed by atoms with Crippen molar-refractivity contribution in [1.82, 2.24) is 19.8 Å². The Kier molecular flexibility index (Phi) is 9.17. The normalized spacial score (nSPS) is 14.8. The zero-order valence-electron chi connectivity index (χ0n) is 23.1. The molecular formula is C29H32F3N6O2P. The number of benzene rings is 2. The SMILES string of the molecule is Cc1ccc(C(=O)Nc2ccc(CN3CCN(CP(C)(C)=O)CC3)c(C(F)(F)F)c2)cc1C#Cc1cnc(N)cn1. The number of aromatic nitrogens is 2. The highest BCUT2D eigenvalue weighted by atomic mass is 31.2. The van der Waals surface area contributed by atoms with E-state index in [1.54, 1.807) is 31.5 Å². The summed E-state index contributed by atoms with van der Waals surface area (Å²) in [7, 11) is -2.20. The first kappa shape index (κ1) is 30.3. The molecule has 0 radical (unpaired) electrons. The molecule has 3 aromatic rings. The van der Waals surface area contributed by atoms with Crippen molar-refractivity contribution in [3.63, 3.8) is 0 Å². The second-order valence-corrected chi connectivity index (χ2v) is 14.0. The highest BCUT2D eigenvalue weighted by Crippen LogP contribution is 2.37. The predicted molar refractivity (Wildman–Crippen MR) is 154 cm³/mol. The number of carbonyl (C=O) groups excluding carboxylic acids is 1. The van der Waals surface area contributed by atoms with Crippen LogP contribution in [0.4, 0.5) is 24.7 Å². The van der Waals surface area contributed by atoms with Crippen LogP contribution in [-0.4, -0.2) is 71.5 Å². The monoisotopic (exact) mass is 584 g/mol. The topological polar surface area (TPSA) is 104 Å². The number of nitrogens with one attached hydrogen (secondary N) is 1. The summed E-state index contributed by atoms with van der Waals surface area (Å²) in [5.74, 6) is 5.54. The quantitative estimate of drug-likeness (QED) is 0.319. The third kappa shape index (κ3) is 8.64. The summed E-state index contributed by atoms with van der Waals surface area (Å²) in [6.07, 6.45) is -1.26. The molecule has 3 N–H and O–H groups in total. The number of hydrogen-bond donors (Lipinski definition) is 2. The van der Waals surface area contributed by atoms with Gasteiger partial charge in [0.1, 0.15) is 11.5 Å². The van der Waals surface area contributed by atoms with Crippen molar-refractivity contribution < 1.29 is 22.5 Å². The fraction of sp³-hybridized carbons (Fsp3) is 0.345. The van der Waals surface area contributed by atoms with Gasteiger partial charge in [-0.25, -0.2) is 9.97 Å². The molecule has 0 unspecified atom stereocenters. The summed E-state index contributed by atoms with van der Waals surface area (Å²) in [6.45, 7) is 7.90. The highest BCUT2D eigenvalue weighted by molar-refractivity contribution is 7.62. The highest BCUT2D eigenvalue weighted by Gasteiger charge is 2.34. The fourth-order valence-corrected chi connectivity index (χ4v) is 5.75. The van der Waals surface area contributed by atoms with Gasteiger partial charge in [-0.05, 0) is 61.6 Å². The van der Waals surface area contributed by atoms with Crippen LogP contribution in [0.3, 0.4) is 0 Å². The molecule has 0 saturated carbocycles. The molecule has 1 aliphatic heterocycles. The molecule has 12 heteroatoms. The van der Waals surface area contributed by atoms with Crippen LogP contribution >= 0.6 is 7.14 Å². The maximum Gasteiger partial charge on any atom is 0.416 e. The molecule has 0 bridgehead atoms. The summed E-state index contributed by atoms with van der Waals surface area (Å²) in [5.41, 5.74) is 6.98. The number of nitrogen functional groups attached to an aromatic ring is 1. The first-order valence-corrected chi connectivity index (χ1v) is 15.8. The van der Waals surface area contributed by atoms with E-state index in [2.05, 4.69) is 32.0 Å². The third-order valence-electron chi connectivity index (χ3n) is 6.57. The standard InChI is InChI=1S/C29H32F3N6O2P/c1-20-4-5-22(14-21(20)6-9-25-16-35-27(33)17-34-25)28(39)36-24-8-7-23(26(15-24)29(30,31)32)18-37-10-12-38(13-11-37)19-41(2,3)40/h4-5,7-8,14-17H,10-13,18-19H2,1-3H3,(H2,33,35)(H,36,39). The van der Waals surface area contributed by atoms with Crippen LogP contribution in [0.2, 0.25) is 0 Å². The van der Waals surface area contributed by atoms with Crippen molar-refractivity contribution in [2.75, 3.05) is 56.8 Å². The van der Waals surface area contributed by atoms with Gasteiger partial charge in [0.15, 0.2) is 0 Å². The number of alkyl halides is 3. The van der Waals surface area contributed by atoms with E-state index in [1.165, 1.54) is 24.5 Å². The van der Waals surface area contributed by atoms with E-state index in [9.17, 15) is 22.5 Å². The minimum absolute atomic E-state index is 0.0443. The van der Waals surface area contributed by atoms with Gasteiger partial charge in [-0.15, -0.1) is 0 Å². The maximum atomic E-state index is 14.0. The number of carbonyl (C=O) groups is 1. The smallest absolute Gasteiger partial charge is 0.382 e. The second-order valence-electron chi connectivity index (χ2n) is 10.5. The van der Waals surface area contributed by atoms with Crippen molar-refractivity contribution >= 4 is 24.6 Å². The first-order valence-electron chi connectivity index (χ1n) is 13.0. The van der Waals surface area contributed by atoms with Gasteiger partial charge in [-0.1, -0.05) is 18.1 Å². The molecule has 0 aliphatic carbocycles. The van der Waals surface area contributed by atoms with Gasteiger partial charge in [0, 0.05) is 49.5 Å². The van der Waals surface area contributed by atoms with E-state index in [4.69, 9.17) is 5.73 Å². The summed E-state index contributed by atoms with van der Waals surface area (Å²) >= 11 is 0. The average Bonchev–Trinajstić information content (AvgIpc) is 2.89. The molecule has 41 heavy (non-hydrogen) atoms. The van der Waals surface area contributed by atoms with E-state index in [0.717, 1.165) is 11.6 Å². The molecule has 8 nitrogen and oxygen atoms in total. The van der Waals surface area contributed by atoms with Crippen LogP contribution in [0, 0.1) is 18.8 Å². The first-order chi connectivity index (χ1) is 19.3. The Morgan fingerprint density at radius 3 is 2.37 bits per heavy atom. The summed E-state index contributed by atoms with van der Waals surface area (Å²) in [6, 6.07) is 8.76. The molecule has 1 fully saturated rings. The number of nitrogens with two attached hydrogens (primary N) is 1. The maximum absolute atomic E-state index is 14.0. The third-order valence-corrected chi connectivity index (χ3v) is 7.65. The number of halogens is 3. The van der Waals surface area contributed by atoms with Gasteiger partial charge in [-0.2, -0.15) is 13.2 Å². The zero-order chi connectivity index (χ0) is 29.8. The van der Waals surface area contributed by atoms with Gasteiger partial charge in [-0.3, -0.25) is 14.6 Å². The molecule has 1 aliphatic rings. The predicted octanol–water partition coefficient (Wildman–Crippen LogP) is 4.74. The van der Waals surface area contributed by atoms with E-state index in [-0.39, 0.29) is 29.2 Å². The Labute approximate surface area is 237 Å². The van der Waals surface area contributed by atoms with Crippen molar-refractivity contribution in [2.45, 2.75) is 19.6 Å². The lowest BCUT2D eigenvalue weighted by Gasteiger charge is -2.35. The van der Waals surface area contributed by atoms with Crippen LogP contribution < -0.4 is 11.1 Å². The number of aryl methyl sites for hydroxylation is 1. The van der Waals surface area contributed by atoms with Crippen molar-refractivity contribution in [3.8, 4) is 11.8 Å². The molecule has 2 aromatic carbocycles. The number of amides is 1. The van der Waals surface area contributed by atoms with Crippen molar-refractivity contribution in [2.24, 2.45) is 0 Å².